The molecular weight excluding hydrogens is 359 g/mol. The van der Waals surface area contributed by atoms with E-state index < -0.39 is 0 Å². The highest BCUT2D eigenvalue weighted by molar-refractivity contribution is 5.89. The second kappa shape index (κ2) is 9.19. The minimum atomic E-state index is -0.344. The van der Waals surface area contributed by atoms with Gasteiger partial charge in [0.05, 0.1) is 0 Å². The summed E-state index contributed by atoms with van der Waals surface area (Å²) in [5, 5.41) is 8.93. The number of likely N-dealkylation sites (tertiary alicyclic amines) is 1. The summed E-state index contributed by atoms with van der Waals surface area (Å²) in [6.07, 6.45) is 2.50. The van der Waals surface area contributed by atoms with Crippen LogP contribution in [0.4, 0.5) is 14.9 Å². The molecule has 0 aromatic heterocycles. The van der Waals surface area contributed by atoms with Crippen LogP contribution in [0.25, 0.3) is 0 Å². The molecule has 0 spiro atoms. The lowest BCUT2D eigenvalue weighted by Gasteiger charge is -2.30. The van der Waals surface area contributed by atoms with Crippen LogP contribution in [-0.4, -0.2) is 48.6 Å². The van der Waals surface area contributed by atoms with E-state index in [1.807, 2.05) is 4.90 Å². The van der Waals surface area contributed by atoms with Gasteiger partial charge in [0.25, 0.3) is 0 Å². The van der Waals surface area contributed by atoms with E-state index in [1.54, 1.807) is 0 Å². The lowest BCUT2D eigenvalue weighted by Crippen LogP contribution is -2.45. The normalized spacial score (nSPS) is 25.3. The first-order valence-corrected chi connectivity index (χ1v) is 8.86. The monoisotopic (exact) mass is 384 g/mol. The minimum Gasteiger partial charge on any atom is -0.340 e. The fraction of sp³-hybridized carbons (Fsp3) is 0.556. The topological polar surface area (TPSA) is 73.5 Å². The highest BCUT2D eigenvalue weighted by Crippen LogP contribution is 2.21. The third kappa shape index (κ3) is 5.32. The van der Waals surface area contributed by atoms with Gasteiger partial charge < -0.3 is 20.9 Å². The van der Waals surface area contributed by atoms with Gasteiger partial charge >= 0.3 is 6.03 Å². The van der Waals surface area contributed by atoms with Crippen molar-refractivity contribution in [3.05, 3.63) is 30.1 Å². The highest BCUT2D eigenvalue weighted by atomic mass is 35.5. The quantitative estimate of drug-likeness (QED) is 0.749. The zero-order chi connectivity index (χ0) is 17.8. The SMILES string of the molecule is C[C@H]1C[C@@H](C(=O)N2CCC(NC(=O)Nc3ccc(F)cc3)C2)CCN1.Cl. The number of nitrogens with one attached hydrogen (secondary N) is 3. The van der Waals surface area contributed by atoms with Gasteiger partial charge in [-0.25, -0.2) is 9.18 Å². The molecular formula is C18H26ClFN4O2. The predicted octanol–water partition coefficient (Wildman–Crippen LogP) is 2.36. The fourth-order valence-electron chi connectivity index (χ4n) is 3.58. The number of anilines is 1. The molecule has 6 nitrogen and oxygen atoms in total. The molecule has 0 bridgehead atoms. The molecule has 0 saturated carbocycles. The number of hydrogen-bond acceptors (Lipinski definition) is 3. The molecule has 2 aliphatic rings. The molecule has 3 N–H and O–H groups in total. The van der Waals surface area contributed by atoms with Gasteiger partial charge in [0.15, 0.2) is 0 Å². The Balaban J connectivity index is 0.00000243. The van der Waals surface area contributed by atoms with Crippen molar-refractivity contribution in [3.63, 3.8) is 0 Å². The third-order valence-electron chi connectivity index (χ3n) is 4.91. The van der Waals surface area contributed by atoms with Crippen LogP contribution in [0.5, 0.6) is 0 Å². The van der Waals surface area contributed by atoms with Gasteiger partial charge in [0.1, 0.15) is 5.82 Å². The van der Waals surface area contributed by atoms with Crippen molar-refractivity contribution in [2.75, 3.05) is 25.0 Å². The number of carbonyl (C=O) groups is 2. The summed E-state index contributed by atoms with van der Waals surface area (Å²) in [6.45, 7) is 4.22. The van der Waals surface area contributed by atoms with Gasteiger partial charge in [-0.2, -0.15) is 0 Å². The van der Waals surface area contributed by atoms with E-state index >= 15 is 0 Å². The average Bonchev–Trinajstić information content (AvgIpc) is 3.04. The second-order valence-corrected chi connectivity index (χ2v) is 6.95. The molecule has 3 amide bonds. The molecule has 0 aliphatic carbocycles. The number of amides is 3. The summed E-state index contributed by atoms with van der Waals surface area (Å²) in [7, 11) is 0. The van der Waals surface area contributed by atoms with Crippen LogP contribution in [-0.2, 0) is 4.79 Å². The predicted molar refractivity (Wildman–Crippen MR) is 101 cm³/mol. The summed E-state index contributed by atoms with van der Waals surface area (Å²) >= 11 is 0. The van der Waals surface area contributed by atoms with Crippen LogP contribution in [0.1, 0.15) is 26.2 Å². The van der Waals surface area contributed by atoms with E-state index in [-0.39, 0.29) is 42.1 Å². The molecule has 0 radical (unpaired) electrons. The number of piperidine rings is 1. The standard InChI is InChI=1S/C18H25FN4O2.ClH/c1-12-10-13(6-8-20-12)17(24)23-9-7-16(11-23)22-18(25)21-15-4-2-14(19)3-5-15;/h2-5,12-13,16,20H,6-11H2,1H3,(H2,21,22,25);1H/t12-,13-,16?;/m0./s1. The smallest absolute Gasteiger partial charge is 0.319 e. The minimum absolute atomic E-state index is 0. The Morgan fingerprint density at radius 2 is 1.96 bits per heavy atom. The molecule has 2 heterocycles. The summed E-state index contributed by atoms with van der Waals surface area (Å²) in [5.74, 6) is -0.0530. The summed E-state index contributed by atoms with van der Waals surface area (Å²) in [5.41, 5.74) is 0.536. The number of urea groups is 1. The van der Waals surface area contributed by atoms with E-state index in [9.17, 15) is 14.0 Å². The first-order chi connectivity index (χ1) is 12.0. The lowest BCUT2D eigenvalue weighted by molar-refractivity contribution is -0.135. The molecule has 2 aliphatic heterocycles. The maximum absolute atomic E-state index is 12.9. The molecule has 1 aromatic carbocycles. The maximum atomic E-state index is 12.9. The lowest BCUT2D eigenvalue weighted by atomic mass is 9.92. The van der Waals surface area contributed by atoms with E-state index in [4.69, 9.17) is 0 Å². The van der Waals surface area contributed by atoms with Crippen LogP contribution >= 0.6 is 12.4 Å². The van der Waals surface area contributed by atoms with Crippen molar-refractivity contribution in [3.8, 4) is 0 Å². The summed E-state index contributed by atoms with van der Waals surface area (Å²) in [4.78, 5) is 26.5. The van der Waals surface area contributed by atoms with Gasteiger partial charge in [-0.15, -0.1) is 12.4 Å². The Morgan fingerprint density at radius 1 is 1.23 bits per heavy atom. The largest absolute Gasteiger partial charge is 0.340 e. The van der Waals surface area contributed by atoms with Gasteiger partial charge in [-0.05, 0) is 57.0 Å². The van der Waals surface area contributed by atoms with Gasteiger partial charge in [-0.3, -0.25) is 4.79 Å². The average molecular weight is 385 g/mol. The zero-order valence-corrected chi connectivity index (χ0v) is 15.7. The van der Waals surface area contributed by atoms with Crippen LogP contribution < -0.4 is 16.0 Å². The van der Waals surface area contributed by atoms with Crippen LogP contribution in [0.2, 0.25) is 0 Å². The second-order valence-electron chi connectivity index (χ2n) is 6.95. The Morgan fingerprint density at radius 3 is 2.65 bits per heavy atom. The van der Waals surface area contributed by atoms with E-state index in [2.05, 4.69) is 22.9 Å². The number of nitrogens with zero attached hydrogens (tertiary/aromatic N) is 1. The van der Waals surface area contributed by atoms with Crippen molar-refractivity contribution in [1.82, 2.24) is 15.5 Å². The molecule has 3 atom stereocenters. The number of hydrogen-bond donors (Lipinski definition) is 3. The Kier molecular flexibility index (Phi) is 7.23. The molecule has 8 heteroatoms. The first kappa shape index (κ1) is 20.5. The fourth-order valence-corrected chi connectivity index (χ4v) is 3.58. The van der Waals surface area contributed by atoms with Crippen LogP contribution in [0.15, 0.2) is 24.3 Å². The van der Waals surface area contributed by atoms with Crippen molar-refractivity contribution in [1.29, 1.82) is 0 Å². The molecule has 2 fully saturated rings. The van der Waals surface area contributed by atoms with E-state index in [0.717, 1.165) is 25.8 Å². The molecule has 1 unspecified atom stereocenters. The van der Waals surface area contributed by atoms with Crippen molar-refractivity contribution < 1.29 is 14.0 Å². The molecule has 1 aromatic rings. The van der Waals surface area contributed by atoms with Crippen molar-refractivity contribution in [2.24, 2.45) is 5.92 Å². The van der Waals surface area contributed by atoms with E-state index in [0.29, 0.717) is 24.8 Å². The molecule has 26 heavy (non-hydrogen) atoms. The third-order valence-corrected chi connectivity index (χ3v) is 4.91. The van der Waals surface area contributed by atoms with Crippen molar-refractivity contribution in [2.45, 2.75) is 38.3 Å². The summed E-state index contributed by atoms with van der Waals surface area (Å²) in [6, 6.07) is 5.61. The Hall–Kier alpha value is -1.86. The van der Waals surface area contributed by atoms with Crippen LogP contribution in [0, 0.1) is 11.7 Å². The van der Waals surface area contributed by atoms with Crippen LogP contribution in [0.3, 0.4) is 0 Å². The first-order valence-electron chi connectivity index (χ1n) is 8.86. The molecule has 3 rings (SSSR count). The Labute approximate surface area is 159 Å². The van der Waals surface area contributed by atoms with E-state index in [1.165, 1.54) is 24.3 Å². The molecule has 144 valence electrons. The number of rotatable bonds is 3. The highest BCUT2D eigenvalue weighted by Gasteiger charge is 2.33. The number of halogens is 2. The molecule has 2 saturated heterocycles. The number of carbonyl (C=O) groups excluding carboxylic acids is 2. The summed E-state index contributed by atoms with van der Waals surface area (Å²) < 4.78 is 12.9. The number of benzene rings is 1. The maximum Gasteiger partial charge on any atom is 0.319 e. The van der Waals surface area contributed by atoms with Gasteiger partial charge in [0.2, 0.25) is 5.91 Å². The van der Waals surface area contributed by atoms with Gasteiger partial charge in [-0.1, -0.05) is 0 Å². The Bertz CT molecular complexity index is 628. The van der Waals surface area contributed by atoms with Crippen molar-refractivity contribution >= 4 is 30.0 Å². The van der Waals surface area contributed by atoms with Gasteiger partial charge in [0, 0.05) is 36.8 Å². The zero-order valence-electron chi connectivity index (χ0n) is 14.8.